The summed E-state index contributed by atoms with van der Waals surface area (Å²) in [5.74, 6) is -0.530. The second-order valence-corrected chi connectivity index (χ2v) is 11.0. The van der Waals surface area contributed by atoms with Crippen molar-refractivity contribution in [1.29, 1.82) is 0 Å². The molecule has 9 nitrogen and oxygen atoms in total. The number of aromatic amines is 1. The Morgan fingerprint density at radius 3 is 2.70 bits per heavy atom. The van der Waals surface area contributed by atoms with Gasteiger partial charge in [0.25, 0.3) is 0 Å². The van der Waals surface area contributed by atoms with Crippen molar-refractivity contribution in [2.45, 2.75) is 45.4 Å². The van der Waals surface area contributed by atoms with E-state index in [0.717, 1.165) is 0 Å². The van der Waals surface area contributed by atoms with Crippen LogP contribution in [0.5, 0.6) is 0 Å². The number of fused-ring (bicyclic) bond motifs is 2. The van der Waals surface area contributed by atoms with Gasteiger partial charge in [0, 0.05) is 35.7 Å². The second kappa shape index (κ2) is 8.47. The first-order valence-corrected chi connectivity index (χ1v) is 11.6. The molecule has 4 rings (SSSR count). The zero-order valence-electron chi connectivity index (χ0n) is 18.7. The Balaban J connectivity index is 1.83. The smallest absolute Gasteiger partial charge is 0.222 e. The molecular formula is C21H23ClFN7O2S. The minimum absolute atomic E-state index is 0.122. The summed E-state index contributed by atoms with van der Waals surface area (Å²) < 4.78 is 32.3. The maximum absolute atomic E-state index is 15.6. The van der Waals surface area contributed by atoms with Crippen molar-refractivity contribution >= 4 is 50.9 Å². The van der Waals surface area contributed by atoms with Gasteiger partial charge >= 0.3 is 0 Å². The van der Waals surface area contributed by atoms with E-state index in [4.69, 9.17) is 11.6 Å². The number of hydrogen-bond donors (Lipinski definition) is 3. The van der Waals surface area contributed by atoms with Crippen LogP contribution in [0.2, 0.25) is 5.02 Å². The molecule has 174 valence electrons. The van der Waals surface area contributed by atoms with E-state index in [0.29, 0.717) is 33.6 Å². The van der Waals surface area contributed by atoms with Gasteiger partial charge in [-0.1, -0.05) is 11.6 Å². The molecule has 12 heteroatoms. The second-order valence-electron chi connectivity index (χ2n) is 8.64. The molecular weight excluding hydrogens is 469 g/mol. The molecule has 0 saturated heterocycles. The van der Waals surface area contributed by atoms with E-state index >= 15 is 4.39 Å². The molecule has 4 aromatic rings. The summed E-state index contributed by atoms with van der Waals surface area (Å²) in [6, 6.07) is -0.608. The summed E-state index contributed by atoms with van der Waals surface area (Å²) in [7, 11) is -1.42. The van der Waals surface area contributed by atoms with Crippen LogP contribution in [-0.2, 0) is 15.8 Å². The third-order valence-corrected chi connectivity index (χ3v) is 7.04. The number of rotatable bonds is 5. The number of aromatic nitrogens is 5. The average Bonchev–Trinajstić information content (AvgIpc) is 3.33. The van der Waals surface area contributed by atoms with Crippen LogP contribution < -0.4 is 10.0 Å². The third kappa shape index (κ3) is 4.35. The molecule has 0 fully saturated rings. The number of H-pyrrole nitrogens is 1. The Morgan fingerprint density at radius 2 is 2.03 bits per heavy atom. The number of hydrogen-bond acceptors (Lipinski definition) is 5. The highest BCUT2D eigenvalue weighted by molar-refractivity contribution is 7.84. The van der Waals surface area contributed by atoms with E-state index in [1.165, 1.54) is 13.1 Å². The number of benzene rings is 1. The molecule has 1 aromatic carbocycles. The topological polar surface area (TPSA) is 117 Å². The SMILES string of the molecule is CC(=O)Nc1cn2cc(-c3c(Cl)c(F)c([C@@H](C)NS(=O)C(C)(C)C)c4[nH]ncc34)ncc2n1. The van der Waals surface area contributed by atoms with E-state index in [9.17, 15) is 9.00 Å². The third-order valence-electron chi connectivity index (χ3n) is 5.00. The maximum atomic E-state index is 15.6. The average molecular weight is 492 g/mol. The molecule has 0 spiro atoms. The highest BCUT2D eigenvalue weighted by Gasteiger charge is 2.28. The summed E-state index contributed by atoms with van der Waals surface area (Å²) >= 11 is 6.52. The van der Waals surface area contributed by atoms with Crippen molar-refractivity contribution in [2.24, 2.45) is 0 Å². The number of carbonyl (C=O) groups is 1. The lowest BCUT2D eigenvalue weighted by molar-refractivity contribution is -0.114. The summed E-state index contributed by atoms with van der Waals surface area (Å²) in [6.45, 7) is 8.60. The monoisotopic (exact) mass is 491 g/mol. The first-order valence-electron chi connectivity index (χ1n) is 10.1. The standard InChI is InChI=1S/C21H23ClFN7O2S/c1-10(29-33(32)21(3,4)5)16-19(23)18(22)17(12-6-25-28-20(12)16)13-8-30-9-14(26-11(2)31)27-15(30)7-24-13/h6-10,29H,1-5H3,(H,25,28)(H,26,31)/t10-,33?/m1/s1. The number of halogens is 2. The molecule has 0 aliphatic heterocycles. The fourth-order valence-corrected chi connectivity index (χ4v) is 4.55. The summed E-state index contributed by atoms with van der Waals surface area (Å²) in [6.07, 6.45) is 6.33. The van der Waals surface area contributed by atoms with Gasteiger partial charge in [0.15, 0.2) is 11.5 Å². The zero-order chi connectivity index (χ0) is 24.1. The molecule has 0 aliphatic carbocycles. The lowest BCUT2D eigenvalue weighted by Gasteiger charge is -2.23. The zero-order valence-corrected chi connectivity index (χ0v) is 20.2. The minimum Gasteiger partial charge on any atom is -0.310 e. The number of imidazole rings is 1. The van der Waals surface area contributed by atoms with Gasteiger partial charge in [0.05, 0.1) is 50.6 Å². The van der Waals surface area contributed by atoms with Crippen LogP contribution in [0, 0.1) is 5.82 Å². The van der Waals surface area contributed by atoms with Gasteiger partial charge in [0.1, 0.15) is 5.82 Å². The molecule has 0 radical (unpaired) electrons. The number of anilines is 1. The largest absolute Gasteiger partial charge is 0.310 e. The quantitative estimate of drug-likeness (QED) is 0.388. The lowest BCUT2D eigenvalue weighted by Crippen LogP contribution is -2.35. The Kier molecular flexibility index (Phi) is 5.97. The highest BCUT2D eigenvalue weighted by atomic mass is 35.5. The molecule has 1 amide bonds. The van der Waals surface area contributed by atoms with E-state index in [1.54, 1.807) is 29.9 Å². The summed E-state index contributed by atoms with van der Waals surface area (Å²) in [5.41, 5.74) is 1.94. The summed E-state index contributed by atoms with van der Waals surface area (Å²) in [4.78, 5) is 20.0. The van der Waals surface area contributed by atoms with E-state index in [2.05, 4.69) is 30.2 Å². The van der Waals surface area contributed by atoms with Crippen LogP contribution in [0.15, 0.2) is 24.8 Å². The fourth-order valence-electron chi connectivity index (χ4n) is 3.46. The Hall–Kier alpha value is -2.89. The van der Waals surface area contributed by atoms with Gasteiger partial charge in [-0.05, 0) is 27.7 Å². The molecule has 0 bridgehead atoms. The van der Waals surface area contributed by atoms with Crippen LogP contribution in [0.4, 0.5) is 10.2 Å². The molecule has 1 unspecified atom stereocenters. The van der Waals surface area contributed by atoms with Crippen molar-refractivity contribution in [3.8, 4) is 11.3 Å². The normalized spacial score (nSPS) is 14.0. The minimum atomic E-state index is -1.42. The van der Waals surface area contributed by atoms with Crippen LogP contribution in [0.1, 0.15) is 46.2 Å². The van der Waals surface area contributed by atoms with Crippen molar-refractivity contribution in [1.82, 2.24) is 29.3 Å². The molecule has 3 N–H and O–H groups in total. The van der Waals surface area contributed by atoms with Crippen molar-refractivity contribution < 1.29 is 13.4 Å². The van der Waals surface area contributed by atoms with Crippen LogP contribution in [-0.4, -0.2) is 39.4 Å². The first-order chi connectivity index (χ1) is 15.5. The Labute approximate surface area is 196 Å². The van der Waals surface area contributed by atoms with E-state index in [-0.39, 0.29) is 16.5 Å². The van der Waals surface area contributed by atoms with Crippen LogP contribution in [0.25, 0.3) is 27.8 Å². The number of amides is 1. The maximum Gasteiger partial charge on any atom is 0.222 e. The Bertz CT molecular complexity index is 1410. The van der Waals surface area contributed by atoms with Crippen molar-refractivity contribution in [3.63, 3.8) is 0 Å². The van der Waals surface area contributed by atoms with Gasteiger partial charge in [-0.3, -0.25) is 14.9 Å². The fraction of sp³-hybridized carbons (Fsp3) is 0.333. The van der Waals surface area contributed by atoms with Crippen molar-refractivity contribution in [3.05, 3.63) is 41.2 Å². The van der Waals surface area contributed by atoms with Crippen LogP contribution in [0.3, 0.4) is 0 Å². The summed E-state index contributed by atoms with van der Waals surface area (Å²) in [5, 5.41) is 9.99. The van der Waals surface area contributed by atoms with Gasteiger partial charge in [-0.2, -0.15) is 5.10 Å². The molecule has 2 atom stereocenters. The van der Waals surface area contributed by atoms with E-state index < -0.39 is 27.6 Å². The van der Waals surface area contributed by atoms with Gasteiger partial charge in [0.2, 0.25) is 5.91 Å². The number of nitrogens with one attached hydrogen (secondary N) is 3. The first kappa shape index (κ1) is 23.3. The van der Waals surface area contributed by atoms with Gasteiger partial charge < -0.3 is 9.72 Å². The molecule has 3 heterocycles. The predicted molar refractivity (Wildman–Crippen MR) is 127 cm³/mol. The number of carbonyl (C=O) groups excluding carboxylic acids is 1. The predicted octanol–water partition coefficient (Wildman–Crippen LogP) is 4.14. The van der Waals surface area contributed by atoms with Gasteiger partial charge in [-0.25, -0.2) is 18.3 Å². The van der Waals surface area contributed by atoms with Crippen LogP contribution >= 0.6 is 11.6 Å². The van der Waals surface area contributed by atoms with E-state index in [1.807, 2.05) is 20.8 Å². The highest BCUT2D eigenvalue weighted by Crippen LogP contribution is 2.40. The Morgan fingerprint density at radius 1 is 1.30 bits per heavy atom. The molecule has 0 aliphatic rings. The lowest BCUT2D eigenvalue weighted by atomic mass is 9.99. The molecule has 33 heavy (non-hydrogen) atoms. The van der Waals surface area contributed by atoms with Gasteiger partial charge in [-0.15, -0.1) is 0 Å². The number of nitrogens with zero attached hydrogens (tertiary/aromatic N) is 4. The molecule has 0 saturated carbocycles. The van der Waals surface area contributed by atoms with Crippen molar-refractivity contribution in [2.75, 3.05) is 5.32 Å². The molecule has 3 aromatic heterocycles.